The standard InChI is InChI=1S/C13H15N3/c1-9-4-3-5-12(14)13(9)16-11-7-6-10(2)15-8-11/h3-8,16H,14H2,1-2H3. The van der Waals surface area contributed by atoms with E-state index in [2.05, 4.69) is 10.3 Å². The molecule has 3 heteroatoms. The van der Waals surface area contributed by atoms with Gasteiger partial charge in [-0.1, -0.05) is 12.1 Å². The lowest BCUT2D eigenvalue weighted by Gasteiger charge is -2.11. The van der Waals surface area contributed by atoms with E-state index < -0.39 is 0 Å². The van der Waals surface area contributed by atoms with E-state index in [4.69, 9.17) is 5.73 Å². The molecule has 2 aromatic rings. The summed E-state index contributed by atoms with van der Waals surface area (Å²) in [5.74, 6) is 0. The molecule has 2 rings (SSSR count). The third kappa shape index (κ3) is 2.14. The summed E-state index contributed by atoms with van der Waals surface area (Å²) in [5.41, 5.74) is 10.7. The highest BCUT2D eigenvalue weighted by molar-refractivity contribution is 5.75. The van der Waals surface area contributed by atoms with Crippen molar-refractivity contribution < 1.29 is 0 Å². The second-order valence-electron chi connectivity index (χ2n) is 3.85. The van der Waals surface area contributed by atoms with Crippen molar-refractivity contribution in [2.75, 3.05) is 11.1 Å². The number of anilines is 3. The highest BCUT2D eigenvalue weighted by Gasteiger charge is 2.02. The van der Waals surface area contributed by atoms with Crippen LogP contribution in [0.25, 0.3) is 0 Å². The van der Waals surface area contributed by atoms with Crippen molar-refractivity contribution in [2.45, 2.75) is 13.8 Å². The number of pyridine rings is 1. The molecule has 0 saturated heterocycles. The number of hydrogen-bond acceptors (Lipinski definition) is 3. The van der Waals surface area contributed by atoms with Gasteiger partial charge in [-0.15, -0.1) is 0 Å². The summed E-state index contributed by atoms with van der Waals surface area (Å²) in [6.07, 6.45) is 1.81. The Bertz CT molecular complexity index is 469. The van der Waals surface area contributed by atoms with E-state index in [1.54, 1.807) is 6.20 Å². The van der Waals surface area contributed by atoms with Gasteiger partial charge in [0.15, 0.2) is 0 Å². The molecule has 0 amide bonds. The smallest absolute Gasteiger partial charge is 0.0648 e. The zero-order chi connectivity index (χ0) is 11.5. The molecule has 0 spiro atoms. The Hall–Kier alpha value is -2.03. The Kier molecular flexibility index (Phi) is 2.77. The number of nitrogens with one attached hydrogen (secondary N) is 1. The maximum atomic E-state index is 5.92. The first-order valence-corrected chi connectivity index (χ1v) is 5.21. The van der Waals surface area contributed by atoms with Crippen LogP contribution in [0.15, 0.2) is 36.5 Å². The molecule has 0 aliphatic carbocycles. The molecule has 3 N–H and O–H groups in total. The van der Waals surface area contributed by atoms with E-state index in [-0.39, 0.29) is 0 Å². The monoisotopic (exact) mass is 213 g/mol. The summed E-state index contributed by atoms with van der Waals surface area (Å²) in [6, 6.07) is 9.82. The first-order valence-electron chi connectivity index (χ1n) is 5.21. The number of aromatic nitrogens is 1. The van der Waals surface area contributed by atoms with E-state index in [9.17, 15) is 0 Å². The zero-order valence-corrected chi connectivity index (χ0v) is 9.49. The number of nitrogens with two attached hydrogens (primary N) is 1. The highest BCUT2D eigenvalue weighted by Crippen LogP contribution is 2.26. The van der Waals surface area contributed by atoms with Crippen molar-refractivity contribution in [3.8, 4) is 0 Å². The molecule has 0 radical (unpaired) electrons. The molecule has 1 aromatic carbocycles. The fourth-order valence-electron chi connectivity index (χ4n) is 1.55. The Morgan fingerprint density at radius 1 is 1.12 bits per heavy atom. The summed E-state index contributed by atoms with van der Waals surface area (Å²) in [6.45, 7) is 3.99. The fraction of sp³-hybridized carbons (Fsp3) is 0.154. The summed E-state index contributed by atoms with van der Waals surface area (Å²) in [4.78, 5) is 4.23. The zero-order valence-electron chi connectivity index (χ0n) is 9.49. The lowest BCUT2D eigenvalue weighted by Crippen LogP contribution is -1.99. The quantitative estimate of drug-likeness (QED) is 0.754. The van der Waals surface area contributed by atoms with Gasteiger partial charge in [-0.25, -0.2) is 0 Å². The van der Waals surface area contributed by atoms with E-state index in [1.165, 1.54) is 0 Å². The van der Waals surface area contributed by atoms with Crippen LogP contribution in [0, 0.1) is 13.8 Å². The van der Waals surface area contributed by atoms with Crippen molar-refractivity contribution in [1.29, 1.82) is 0 Å². The SMILES string of the molecule is Cc1ccc(Nc2c(C)cccc2N)cn1. The average molecular weight is 213 g/mol. The molecule has 0 aliphatic heterocycles. The van der Waals surface area contributed by atoms with Crippen molar-refractivity contribution >= 4 is 17.1 Å². The van der Waals surface area contributed by atoms with E-state index >= 15 is 0 Å². The molecular weight excluding hydrogens is 198 g/mol. The Balaban J connectivity index is 2.30. The van der Waals surface area contributed by atoms with Gasteiger partial charge < -0.3 is 11.1 Å². The fourth-order valence-corrected chi connectivity index (χ4v) is 1.55. The minimum absolute atomic E-state index is 0.751. The molecule has 1 aromatic heterocycles. The van der Waals surface area contributed by atoms with Crippen LogP contribution < -0.4 is 11.1 Å². The van der Waals surface area contributed by atoms with Gasteiger partial charge in [0, 0.05) is 5.69 Å². The molecule has 1 heterocycles. The Morgan fingerprint density at radius 3 is 2.56 bits per heavy atom. The van der Waals surface area contributed by atoms with Gasteiger partial charge in [0.2, 0.25) is 0 Å². The van der Waals surface area contributed by atoms with Gasteiger partial charge in [-0.05, 0) is 37.6 Å². The average Bonchev–Trinajstić information content (AvgIpc) is 2.26. The molecule has 16 heavy (non-hydrogen) atoms. The Morgan fingerprint density at radius 2 is 1.94 bits per heavy atom. The molecule has 0 unspecified atom stereocenters. The lowest BCUT2D eigenvalue weighted by atomic mass is 10.1. The predicted octanol–water partition coefficient (Wildman–Crippen LogP) is 3.02. The van der Waals surface area contributed by atoms with Crippen molar-refractivity contribution in [3.05, 3.63) is 47.8 Å². The maximum Gasteiger partial charge on any atom is 0.0648 e. The van der Waals surface area contributed by atoms with Crippen LogP contribution in [0.3, 0.4) is 0 Å². The normalized spacial score (nSPS) is 10.1. The Labute approximate surface area is 95.3 Å². The van der Waals surface area contributed by atoms with Gasteiger partial charge >= 0.3 is 0 Å². The van der Waals surface area contributed by atoms with Crippen LogP contribution in [-0.4, -0.2) is 4.98 Å². The number of benzene rings is 1. The summed E-state index contributed by atoms with van der Waals surface area (Å²) < 4.78 is 0. The van der Waals surface area contributed by atoms with Crippen LogP contribution >= 0.6 is 0 Å². The number of rotatable bonds is 2. The van der Waals surface area contributed by atoms with Crippen molar-refractivity contribution in [1.82, 2.24) is 4.98 Å². The number of nitrogens with zero attached hydrogens (tertiary/aromatic N) is 1. The largest absolute Gasteiger partial charge is 0.397 e. The van der Waals surface area contributed by atoms with Crippen molar-refractivity contribution in [2.24, 2.45) is 0 Å². The van der Waals surface area contributed by atoms with Crippen LogP contribution in [0.2, 0.25) is 0 Å². The molecule has 0 aliphatic rings. The summed E-state index contributed by atoms with van der Waals surface area (Å²) in [5, 5.41) is 3.28. The number of hydrogen-bond donors (Lipinski definition) is 2. The van der Waals surface area contributed by atoms with Gasteiger partial charge in [0.25, 0.3) is 0 Å². The van der Waals surface area contributed by atoms with Gasteiger partial charge in [-0.2, -0.15) is 0 Å². The van der Waals surface area contributed by atoms with Gasteiger partial charge in [-0.3, -0.25) is 4.98 Å². The van der Waals surface area contributed by atoms with Gasteiger partial charge in [0.1, 0.15) is 0 Å². The second-order valence-corrected chi connectivity index (χ2v) is 3.85. The van der Waals surface area contributed by atoms with Crippen LogP contribution in [0.4, 0.5) is 17.1 Å². The molecule has 0 bridgehead atoms. The molecule has 0 fully saturated rings. The summed E-state index contributed by atoms with van der Waals surface area (Å²) >= 11 is 0. The third-order valence-corrected chi connectivity index (χ3v) is 2.49. The minimum Gasteiger partial charge on any atom is -0.397 e. The molecule has 82 valence electrons. The van der Waals surface area contributed by atoms with E-state index in [0.29, 0.717) is 0 Å². The highest BCUT2D eigenvalue weighted by atomic mass is 14.9. The van der Waals surface area contributed by atoms with Crippen molar-refractivity contribution in [3.63, 3.8) is 0 Å². The summed E-state index contributed by atoms with van der Waals surface area (Å²) in [7, 11) is 0. The molecule has 0 atom stereocenters. The van der Waals surface area contributed by atoms with E-state index in [0.717, 1.165) is 28.3 Å². The van der Waals surface area contributed by atoms with Crippen LogP contribution in [0.5, 0.6) is 0 Å². The first-order chi connectivity index (χ1) is 7.66. The third-order valence-electron chi connectivity index (χ3n) is 2.49. The first kappa shape index (κ1) is 10.5. The number of aryl methyl sites for hydroxylation is 2. The molecule has 0 saturated carbocycles. The number of nitrogen functional groups attached to an aromatic ring is 1. The van der Waals surface area contributed by atoms with E-state index in [1.807, 2.05) is 44.2 Å². The maximum absolute atomic E-state index is 5.92. The van der Waals surface area contributed by atoms with Gasteiger partial charge in [0.05, 0.1) is 23.3 Å². The van der Waals surface area contributed by atoms with Crippen LogP contribution in [-0.2, 0) is 0 Å². The lowest BCUT2D eigenvalue weighted by molar-refractivity contribution is 1.20. The topological polar surface area (TPSA) is 50.9 Å². The number of para-hydroxylation sites is 1. The molecular formula is C13H15N3. The minimum atomic E-state index is 0.751. The van der Waals surface area contributed by atoms with Crippen LogP contribution in [0.1, 0.15) is 11.3 Å². The molecule has 3 nitrogen and oxygen atoms in total. The predicted molar refractivity (Wildman–Crippen MR) is 67.8 cm³/mol. The second kappa shape index (κ2) is 4.23.